The average Bonchev–Trinajstić information content (AvgIpc) is 3.08. The van der Waals surface area contributed by atoms with Crippen molar-refractivity contribution in [2.24, 2.45) is 5.92 Å². The number of carboxylic acid groups (broad SMARTS) is 2. The SMILES string of the molecule is C[C@H]1O[C@@](Cn2cncn2)(c2ccc(Cl)cc2)[C@H]1C.O=C(O)C(=O)O. The predicted octanol–water partition coefficient (Wildman–Crippen LogP) is 2.04. The van der Waals surface area contributed by atoms with Gasteiger partial charge in [-0.1, -0.05) is 30.7 Å². The molecule has 0 aliphatic carbocycles. The summed E-state index contributed by atoms with van der Waals surface area (Å²) in [5, 5.41) is 19.7. The molecule has 0 bridgehead atoms. The van der Waals surface area contributed by atoms with Crippen molar-refractivity contribution in [1.29, 1.82) is 0 Å². The molecule has 1 aliphatic rings. The van der Waals surface area contributed by atoms with Gasteiger partial charge in [-0.25, -0.2) is 19.3 Å². The molecule has 0 unspecified atom stereocenters. The molecule has 134 valence electrons. The van der Waals surface area contributed by atoms with Gasteiger partial charge in [0.1, 0.15) is 18.3 Å². The van der Waals surface area contributed by atoms with Gasteiger partial charge in [-0.15, -0.1) is 0 Å². The summed E-state index contributed by atoms with van der Waals surface area (Å²) in [5.74, 6) is -3.23. The smallest absolute Gasteiger partial charge is 0.414 e. The Morgan fingerprint density at radius 3 is 2.24 bits per heavy atom. The lowest BCUT2D eigenvalue weighted by atomic mass is 9.74. The van der Waals surface area contributed by atoms with E-state index in [9.17, 15) is 0 Å². The van der Waals surface area contributed by atoms with Crippen molar-refractivity contribution < 1.29 is 24.5 Å². The van der Waals surface area contributed by atoms with Gasteiger partial charge < -0.3 is 14.9 Å². The number of carbonyl (C=O) groups is 2. The summed E-state index contributed by atoms with van der Waals surface area (Å²) in [6.45, 7) is 4.97. The van der Waals surface area contributed by atoms with Crippen LogP contribution < -0.4 is 0 Å². The minimum Gasteiger partial charge on any atom is -0.473 e. The first kappa shape index (κ1) is 18.9. The Morgan fingerprint density at radius 2 is 1.84 bits per heavy atom. The van der Waals surface area contributed by atoms with Gasteiger partial charge in [0.05, 0.1) is 12.6 Å². The van der Waals surface area contributed by atoms with Crippen LogP contribution in [0, 0.1) is 5.92 Å². The Morgan fingerprint density at radius 1 is 1.24 bits per heavy atom. The van der Waals surface area contributed by atoms with Crippen molar-refractivity contribution in [3.05, 3.63) is 47.5 Å². The highest BCUT2D eigenvalue weighted by atomic mass is 35.5. The minimum atomic E-state index is -1.82. The van der Waals surface area contributed by atoms with E-state index < -0.39 is 11.9 Å². The number of halogens is 1. The Kier molecular flexibility index (Phi) is 5.76. The van der Waals surface area contributed by atoms with Crippen molar-refractivity contribution in [3.63, 3.8) is 0 Å². The molecule has 2 heterocycles. The van der Waals surface area contributed by atoms with Crippen LogP contribution in [0.15, 0.2) is 36.9 Å². The molecule has 1 aromatic heterocycles. The Balaban J connectivity index is 0.000000326. The fraction of sp³-hybridized carbons (Fsp3) is 0.375. The fourth-order valence-electron chi connectivity index (χ4n) is 2.74. The molecule has 25 heavy (non-hydrogen) atoms. The maximum absolute atomic E-state index is 9.10. The molecular formula is C16H18ClN3O5. The van der Waals surface area contributed by atoms with Crippen LogP contribution in [0.2, 0.25) is 5.02 Å². The molecule has 3 rings (SSSR count). The Bertz CT molecular complexity index is 723. The van der Waals surface area contributed by atoms with E-state index in [1.165, 1.54) is 0 Å². The van der Waals surface area contributed by atoms with E-state index in [0.29, 0.717) is 12.5 Å². The number of hydrogen-bond acceptors (Lipinski definition) is 5. The normalized spacial score (nSPS) is 24.6. The van der Waals surface area contributed by atoms with Crippen molar-refractivity contribution >= 4 is 23.5 Å². The van der Waals surface area contributed by atoms with Gasteiger partial charge in [0.25, 0.3) is 0 Å². The molecule has 1 aliphatic heterocycles. The van der Waals surface area contributed by atoms with Crippen molar-refractivity contribution in [2.75, 3.05) is 0 Å². The number of benzene rings is 1. The van der Waals surface area contributed by atoms with Gasteiger partial charge in [-0.2, -0.15) is 5.10 Å². The van der Waals surface area contributed by atoms with E-state index in [1.807, 2.05) is 28.9 Å². The fourth-order valence-corrected chi connectivity index (χ4v) is 2.86. The second kappa shape index (κ2) is 7.62. The van der Waals surface area contributed by atoms with Crippen LogP contribution in [0.3, 0.4) is 0 Å². The van der Waals surface area contributed by atoms with E-state index in [0.717, 1.165) is 10.6 Å². The molecule has 1 saturated heterocycles. The molecule has 9 heteroatoms. The Hall–Kier alpha value is -2.45. The van der Waals surface area contributed by atoms with Gasteiger partial charge in [0.15, 0.2) is 0 Å². The molecule has 0 amide bonds. The first-order valence-electron chi connectivity index (χ1n) is 7.48. The molecule has 0 spiro atoms. The topological polar surface area (TPSA) is 115 Å². The number of carboxylic acids is 2. The maximum Gasteiger partial charge on any atom is 0.414 e. The van der Waals surface area contributed by atoms with Gasteiger partial charge in [-0.05, 0) is 24.6 Å². The lowest BCUT2D eigenvalue weighted by molar-refractivity contribution is -0.263. The number of hydrogen-bond donors (Lipinski definition) is 2. The molecule has 3 atom stereocenters. The largest absolute Gasteiger partial charge is 0.473 e. The van der Waals surface area contributed by atoms with E-state index in [-0.39, 0.29) is 11.7 Å². The first-order valence-corrected chi connectivity index (χ1v) is 7.86. The van der Waals surface area contributed by atoms with E-state index in [4.69, 9.17) is 36.1 Å². The molecular weight excluding hydrogens is 350 g/mol. The number of aliphatic carboxylic acids is 2. The highest BCUT2D eigenvalue weighted by Crippen LogP contribution is 2.48. The van der Waals surface area contributed by atoms with Crippen LogP contribution in [-0.4, -0.2) is 43.0 Å². The number of ether oxygens (including phenoxy) is 1. The van der Waals surface area contributed by atoms with Crippen LogP contribution in [0.4, 0.5) is 0 Å². The lowest BCUT2D eigenvalue weighted by Crippen LogP contribution is -2.57. The molecule has 0 saturated carbocycles. The van der Waals surface area contributed by atoms with Crippen LogP contribution in [-0.2, 0) is 26.5 Å². The van der Waals surface area contributed by atoms with E-state index >= 15 is 0 Å². The van der Waals surface area contributed by atoms with E-state index in [2.05, 4.69) is 23.9 Å². The molecule has 0 radical (unpaired) electrons. The third-order valence-electron chi connectivity index (χ3n) is 4.22. The van der Waals surface area contributed by atoms with Gasteiger partial charge in [0.2, 0.25) is 0 Å². The highest BCUT2D eigenvalue weighted by Gasteiger charge is 2.52. The van der Waals surface area contributed by atoms with Crippen LogP contribution in [0.25, 0.3) is 0 Å². The van der Waals surface area contributed by atoms with Crippen molar-refractivity contribution in [3.8, 4) is 0 Å². The van der Waals surface area contributed by atoms with Gasteiger partial charge in [0, 0.05) is 10.9 Å². The van der Waals surface area contributed by atoms with E-state index in [1.54, 1.807) is 12.7 Å². The van der Waals surface area contributed by atoms with Crippen molar-refractivity contribution in [1.82, 2.24) is 14.8 Å². The summed E-state index contributed by atoms with van der Waals surface area (Å²) < 4.78 is 7.92. The number of aromatic nitrogens is 3. The second-order valence-electron chi connectivity index (χ2n) is 5.71. The van der Waals surface area contributed by atoms with Crippen LogP contribution >= 0.6 is 11.6 Å². The number of rotatable bonds is 3. The monoisotopic (exact) mass is 367 g/mol. The highest BCUT2D eigenvalue weighted by molar-refractivity contribution is 6.30. The second-order valence-corrected chi connectivity index (χ2v) is 6.15. The predicted molar refractivity (Wildman–Crippen MR) is 88.1 cm³/mol. The van der Waals surface area contributed by atoms with Crippen LogP contribution in [0.1, 0.15) is 19.4 Å². The third kappa shape index (κ3) is 4.15. The zero-order chi connectivity index (χ0) is 18.6. The minimum absolute atomic E-state index is 0.249. The quantitative estimate of drug-likeness (QED) is 0.797. The lowest BCUT2D eigenvalue weighted by Gasteiger charge is -2.53. The standard InChI is InChI=1S/C14H16ClN3O.C2H2O4/c1-10-11(2)19-14(10,7-18-9-16-8-17-18)12-3-5-13(15)6-4-12;3-1(4)2(5)6/h3-6,8-11H,7H2,1-2H3;(H,3,4)(H,5,6)/t10-,11+,14+;/m0./s1. The number of nitrogens with zero attached hydrogens (tertiary/aromatic N) is 3. The molecule has 1 fully saturated rings. The average molecular weight is 368 g/mol. The maximum atomic E-state index is 9.10. The molecule has 8 nitrogen and oxygen atoms in total. The Labute approximate surface area is 149 Å². The zero-order valence-electron chi connectivity index (χ0n) is 13.7. The van der Waals surface area contributed by atoms with Gasteiger partial charge >= 0.3 is 11.9 Å². The van der Waals surface area contributed by atoms with Crippen molar-refractivity contribution in [2.45, 2.75) is 32.1 Å². The van der Waals surface area contributed by atoms with Crippen LogP contribution in [0.5, 0.6) is 0 Å². The summed E-state index contributed by atoms with van der Waals surface area (Å²) in [5.41, 5.74) is 0.801. The first-order chi connectivity index (χ1) is 11.8. The molecule has 1 aromatic carbocycles. The van der Waals surface area contributed by atoms with Gasteiger partial charge in [-0.3, -0.25) is 0 Å². The zero-order valence-corrected chi connectivity index (χ0v) is 14.4. The molecule has 2 aromatic rings. The third-order valence-corrected chi connectivity index (χ3v) is 4.47. The molecule has 2 N–H and O–H groups in total. The summed E-state index contributed by atoms with van der Waals surface area (Å²) in [6.07, 6.45) is 3.51. The summed E-state index contributed by atoms with van der Waals surface area (Å²) in [4.78, 5) is 22.2. The summed E-state index contributed by atoms with van der Waals surface area (Å²) >= 11 is 5.96. The summed E-state index contributed by atoms with van der Waals surface area (Å²) in [7, 11) is 0. The summed E-state index contributed by atoms with van der Waals surface area (Å²) in [6, 6.07) is 7.86.